The molecule has 4 N–H and O–H groups in total. The Balaban J connectivity index is 2.03. The lowest BCUT2D eigenvalue weighted by Gasteiger charge is -2.15. The standard InChI is InChI=1S/C16H19N3O5/c1-10-8-19(16(23)18-14(10)20)9-24-13(15(21)22)7-6-11-4-2-3-5-12(11)17/h2-5,8,13H,6-7,9,17H2,1H3,(H,21,22)(H,18,20,23)/t13-/m0/s1. The number of anilines is 1. The van der Waals surface area contributed by atoms with Gasteiger partial charge in [-0.1, -0.05) is 18.2 Å². The highest BCUT2D eigenvalue weighted by Crippen LogP contribution is 2.15. The van der Waals surface area contributed by atoms with Crippen LogP contribution in [0.1, 0.15) is 17.5 Å². The fraction of sp³-hybridized carbons (Fsp3) is 0.312. The molecule has 0 aliphatic heterocycles. The Labute approximate surface area is 137 Å². The Kier molecular flexibility index (Phi) is 5.54. The third-order valence-electron chi connectivity index (χ3n) is 3.61. The largest absolute Gasteiger partial charge is 0.479 e. The third-order valence-corrected chi connectivity index (χ3v) is 3.61. The van der Waals surface area contributed by atoms with Gasteiger partial charge in [-0.3, -0.25) is 14.3 Å². The van der Waals surface area contributed by atoms with Crippen molar-refractivity contribution in [2.75, 3.05) is 5.73 Å². The minimum Gasteiger partial charge on any atom is -0.479 e. The molecule has 0 radical (unpaired) electrons. The second kappa shape index (κ2) is 7.60. The number of nitrogens with one attached hydrogen (secondary N) is 1. The SMILES string of the molecule is Cc1cn(CO[C@@H](CCc2ccccc2N)C(=O)O)c(=O)[nH]c1=O. The molecule has 0 fully saturated rings. The zero-order chi connectivity index (χ0) is 17.7. The topological polar surface area (TPSA) is 127 Å². The van der Waals surface area contributed by atoms with Gasteiger partial charge < -0.3 is 15.6 Å². The lowest BCUT2D eigenvalue weighted by Crippen LogP contribution is -2.34. The Hall–Kier alpha value is -2.87. The molecule has 24 heavy (non-hydrogen) atoms. The first-order chi connectivity index (χ1) is 11.4. The van der Waals surface area contributed by atoms with Gasteiger partial charge in [-0.2, -0.15) is 0 Å². The number of nitrogen functional groups attached to an aromatic ring is 1. The van der Waals surface area contributed by atoms with Crippen molar-refractivity contribution in [3.8, 4) is 0 Å². The van der Waals surface area contributed by atoms with Crippen molar-refractivity contribution in [3.05, 3.63) is 62.4 Å². The van der Waals surface area contributed by atoms with Crippen LogP contribution in [0.4, 0.5) is 5.69 Å². The predicted octanol–water partition coefficient (Wildman–Crippen LogP) is 0.487. The van der Waals surface area contributed by atoms with Gasteiger partial charge in [0.05, 0.1) is 0 Å². The molecule has 0 amide bonds. The van der Waals surface area contributed by atoms with Gasteiger partial charge in [0.15, 0.2) is 6.10 Å². The molecule has 0 aliphatic carbocycles. The van der Waals surface area contributed by atoms with E-state index >= 15 is 0 Å². The van der Waals surface area contributed by atoms with E-state index < -0.39 is 23.3 Å². The number of para-hydroxylation sites is 1. The molecule has 0 aliphatic rings. The number of carboxylic acids is 1. The van der Waals surface area contributed by atoms with E-state index in [4.69, 9.17) is 10.5 Å². The van der Waals surface area contributed by atoms with Crippen LogP contribution in [-0.4, -0.2) is 26.7 Å². The summed E-state index contributed by atoms with van der Waals surface area (Å²) in [6.45, 7) is 1.28. The molecule has 0 bridgehead atoms. The van der Waals surface area contributed by atoms with Gasteiger partial charge in [0.1, 0.15) is 6.73 Å². The van der Waals surface area contributed by atoms with Crippen LogP contribution in [0.25, 0.3) is 0 Å². The van der Waals surface area contributed by atoms with Crippen LogP contribution in [0.2, 0.25) is 0 Å². The Bertz CT molecular complexity index is 840. The van der Waals surface area contributed by atoms with E-state index in [1.165, 1.54) is 6.20 Å². The van der Waals surface area contributed by atoms with Crippen LogP contribution < -0.4 is 17.0 Å². The van der Waals surface area contributed by atoms with Gasteiger partial charge >= 0.3 is 11.7 Å². The first-order valence-electron chi connectivity index (χ1n) is 7.36. The number of H-pyrrole nitrogens is 1. The Morgan fingerprint density at radius 3 is 2.75 bits per heavy atom. The first kappa shape index (κ1) is 17.5. The molecule has 0 spiro atoms. The van der Waals surface area contributed by atoms with E-state index in [2.05, 4.69) is 4.98 Å². The van der Waals surface area contributed by atoms with E-state index in [1.807, 2.05) is 12.1 Å². The van der Waals surface area contributed by atoms with Crippen molar-refractivity contribution in [3.63, 3.8) is 0 Å². The first-order valence-corrected chi connectivity index (χ1v) is 7.36. The van der Waals surface area contributed by atoms with Gasteiger partial charge in [0, 0.05) is 17.4 Å². The second-order valence-electron chi connectivity index (χ2n) is 5.40. The summed E-state index contributed by atoms with van der Waals surface area (Å²) in [5.74, 6) is -1.13. The summed E-state index contributed by atoms with van der Waals surface area (Å²) in [6.07, 6.45) is 0.878. The van der Waals surface area contributed by atoms with Crippen LogP contribution >= 0.6 is 0 Å². The summed E-state index contributed by atoms with van der Waals surface area (Å²) in [6, 6.07) is 7.19. The quantitative estimate of drug-likeness (QED) is 0.633. The molecule has 2 aromatic rings. The lowest BCUT2D eigenvalue weighted by atomic mass is 10.1. The summed E-state index contributed by atoms with van der Waals surface area (Å²) in [7, 11) is 0. The van der Waals surface area contributed by atoms with Crippen molar-refractivity contribution in [2.24, 2.45) is 0 Å². The van der Waals surface area contributed by atoms with E-state index in [-0.39, 0.29) is 13.2 Å². The number of aliphatic carboxylic acids is 1. The van der Waals surface area contributed by atoms with Crippen LogP contribution in [0.3, 0.4) is 0 Å². The summed E-state index contributed by atoms with van der Waals surface area (Å²) >= 11 is 0. The van der Waals surface area contributed by atoms with Crippen molar-refractivity contribution in [1.29, 1.82) is 0 Å². The highest BCUT2D eigenvalue weighted by molar-refractivity contribution is 5.72. The number of nitrogens with two attached hydrogens (primary N) is 1. The van der Waals surface area contributed by atoms with E-state index in [0.29, 0.717) is 17.7 Å². The zero-order valence-electron chi connectivity index (χ0n) is 13.2. The van der Waals surface area contributed by atoms with Crippen molar-refractivity contribution in [1.82, 2.24) is 9.55 Å². The number of ether oxygens (including phenoxy) is 1. The number of hydrogen-bond acceptors (Lipinski definition) is 5. The average Bonchev–Trinajstić information content (AvgIpc) is 2.53. The molecule has 0 saturated heterocycles. The highest BCUT2D eigenvalue weighted by atomic mass is 16.5. The van der Waals surface area contributed by atoms with Gasteiger partial charge in [0.2, 0.25) is 0 Å². The van der Waals surface area contributed by atoms with Crippen molar-refractivity contribution < 1.29 is 14.6 Å². The number of hydrogen-bond donors (Lipinski definition) is 3. The lowest BCUT2D eigenvalue weighted by molar-refractivity contribution is -0.153. The second-order valence-corrected chi connectivity index (χ2v) is 5.40. The number of nitrogens with zero attached hydrogens (tertiary/aromatic N) is 1. The molecule has 0 saturated carbocycles. The molecular formula is C16H19N3O5. The maximum atomic E-state index is 11.7. The molecule has 128 valence electrons. The molecule has 1 atom stereocenters. The van der Waals surface area contributed by atoms with E-state index in [1.54, 1.807) is 19.1 Å². The predicted molar refractivity (Wildman–Crippen MR) is 87.7 cm³/mol. The monoisotopic (exact) mass is 333 g/mol. The Morgan fingerprint density at radius 2 is 2.08 bits per heavy atom. The van der Waals surface area contributed by atoms with Crippen LogP contribution in [0.5, 0.6) is 0 Å². The molecule has 1 aromatic heterocycles. The third kappa shape index (κ3) is 4.32. The molecule has 1 aromatic carbocycles. The average molecular weight is 333 g/mol. The summed E-state index contributed by atoms with van der Waals surface area (Å²) in [4.78, 5) is 36.4. The molecule has 0 unspecified atom stereocenters. The number of aromatic amines is 1. The number of carboxylic acid groups (broad SMARTS) is 1. The van der Waals surface area contributed by atoms with Gasteiger partial charge in [0.25, 0.3) is 5.56 Å². The summed E-state index contributed by atoms with van der Waals surface area (Å²) in [5.41, 5.74) is 6.46. The molecule has 8 heteroatoms. The van der Waals surface area contributed by atoms with Crippen molar-refractivity contribution >= 4 is 11.7 Å². The molecular weight excluding hydrogens is 314 g/mol. The van der Waals surface area contributed by atoms with Crippen LogP contribution in [0, 0.1) is 6.92 Å². The maximum Gasteiger partial charge on any atom is 0.332 e. The molecule has 8 nitrogen and oxygen atoms in total. The minimum absolute atomic E-state index is 0.209. The highest BCUT2D eigenvalue weighted by Gasteiger charge is 2.19. The molecule has 2 rings (SSSR count). The Morgan fingerprint density at radius 1 is 1.38 bits per heavy atom. The maximum absolute atomic E-state index is 11.7. The minimum atomic E-state index is -1.13. The van der Waals surface area contributed by atoms with Crippen LogP contribution in [-0.2, 0) is 22.7 Å². The number of benzene rings is 1. The summed E-state index contributed by atoms with van der Waals surface area (Å²) < 4.78 is 6.44. The van der Waals surface area contributed by atoms with Crippen LogP contribution in [0.15, 0.2) is 40.1 Å². The van der Waals surface area contributed by atoms with Gasteiger partial charge in [-0.15, -0.1) is 0 Å². The normalized spacial score (nSPS) is 12.0. The zero-order valence-corrected chi connectivity index (χ0v) is 13.2. The van der Waals surface area contributed by atoms with E-state index in [0.717, 1.165) is 10.1 Å². The fourth-order valence-electron chi connectivity index (χ4n) is 2.21. The summed E-state index contributed by atoms with van der Waals surface area (Å²) in [5, 5.41) is 9.27. The van der Waals surface area contributed by atoms with E-state index in [9.17, 15) is 19.5 Å². The van der Waals surface area contributed by atoms with Gasteiger partial charge in [-0.25, -0.2) is 9.59 Å². The smallest absolute Gasteiger partial charge is 0.332 e. The number of rotatable bonds is 7. The number of aryl methyl sites for hydroxylation is 2. The molecule has 1 heterocycles. The van der Waals surface area contributed by atoms with Gasteiger partial charge in [-0.05, 0) is 31.4 Å². The van der Waals surface area contributed by atoms with Crippen molar-refractivity contribution in [2.45, 2.75) is 32.6 Å². The number of carbonyl (C=O) groups is 1. The fourth-order valence-corrected chi connectivity index (χ4v) is 2.21. The number of aromatic nitrogens is 2.